The van der Waals surface area contributed by atoms with E-state index in [2.05, 4.69) is 41.1 Å². The van der Waals surface area contributed by atoms with Gasteiger partial charge in [-0.2, -0.15) is 0 Å². The Morgan fingerprint density at radius 2 is 1.37 bits per heavy atom. The van der Waals surface area contributed by atoms with Crippen LogP contribution in [0.15, 0.2) is 42.6 Å². The lowest BCUT2D eigenvalue weighted by Gasteiger charge is -2.14. The zero-order valence-corrected chi connectivity index (χ0v) is 15.8. The summed E-state index contributed by atoms with van der Waals surface area (Å²) in [4.78, 5) is 0. The van der Waals surface area contributed by atoms with Crippen molar-refractivity contribution in [2.75, 3.05) is 21.3 Å². The Bertz CT molecular complexity index is 1210. The van der Waals surface area contributed by atoms with Crippen LogP contribution in [0.5, 0.6) is 17.2 Å². The summed E-state index contributed by atoms with van der Waals surface area (Å²) < 4.78 is 19.0. The summed E-state index contributed by atoms with van der Waals surface area (Å²) in [6.07, 6.45) is 4.64. The Kier molecular flexibility index (Phi) is 3.61. The highest BCUT2D eigenvalue weighted by Gasteiger charge is 2.22. The number of aromatic nitrogens is 1. The second-order valence-corrected chi connectivity index (χ2v) is 7.05. The minimum absolute atomic E-state index is 0.738. The lowest BCUT2D eigenvalue weighted by molar-refractivity contribution is -0.689. The van der Waals surface area contributed by atoms with Crippen molar-refractivity contribution in [2.24, 2.45) is 0 Å². The number of methoxy groups -OCH3 is 3. The molecule has 4 heteroatoms. The number of benzene rings is 3. The van der Waals surface area contributed by atoms with Crippen LogP contribution in [0.25, 0.3) is 32.3 Å². The first kappa shape index (κ1) is 16.2. The lowest BCUT2D eigenvalue weighted by Crippen LogP contribution is -2.32. The molecule has 0 saturated heterocycles. The maximum absolute atomic E-state index is 5.59. The van der Waals surface area contributed by atoms with E-state index in [-0.39, 0.29) is 0 Å². The number of fused-ring (bicyclic) bond motifs is 7. The predicted octanol–water partition coefficient (Wildman–Crippen LogP) is 4.41. The van der Waals surface area contributed by atoms with E-state index in [1.54, 1.807) is 21.3 Å². The van der Waals surface area contributed by atoms with E-state index in [1.807, 2.05) is 6.07 Å². The van der Waals surface area contributed by atoms with E-state index in [0.717, 1.165) is 35.6 Å². The third-order valence-corrected chi connectivity index (χ3v) is 5.71. The normalized spacial score (nSPS) is 13.3. The summed E-state index contributed by atoms with van der Waals surface area (Å²) >= 11 is 0. The van der Waals surface area contributed by atoms with Gasteiger partial charge in [0.2, 0.25) is 0 Å². The van der Waals surface area contributed by atoms with E-state index < -0.39 is 0 Å². The predicted molar refractivity (Wildman–Crippen MR) is 107 cm³/mol. The molecule has 136 valence electrons. The van der Waals surface area contributed by atoms with Crippen LogP contribution in [-0.2, 0) is 13.0 Å². The first-order valence-corrected chi connectivity index (χ1v) is 9.25. The third kappa shape index (κ3) is 2.33. The molecule has 0 unspecified atom stereocenters. The molecule has 1 aliphatic rings. The summed E-state index contributed by atoms with van der Waals surface area (Å²) in [6, 6.07) is 12.8. The summed E-state index contributed by atoms with van der Waals surface area (Å²) in [5.41, 5.74) is 1.40. The SMILES string of the molecule is COc1ccc2c(c1)c1cc(OC)c(OC)cc1c1c[n+]3c(cc21)CCC3. The zero-order chi connectivity index (χ0) is 18.5. The van der Waals surface area contributed by atoms with E-state index >= 15 is 0 Å². The van der Waals surface area contributed by atoms with Gasteiger partial charge in [0, 0.05) is 29.7 Å². The van der Waals surface area contributed by atoms with Crippen LogP contribution in [-0.4, -0.2) is 21.3 Å². The fourth-order valence-electron chi connectivity index (χ4n) is 4.36. The van der Waals surface area contributed by atoms with Crippen molar-refractivity contribution in [1.29, 1.82) is 0 Å². The molecular weight excluding hydrogens is 338 g/mol. The summed E-state index contributed by atoms with van der Waals surface area (Å²) in [5, 5.41) is 7.24. The molecule has 0 amide bonds. The largest absolute Gasteiger partial charge is 0.497 e. The molecule has 0 saturated carbocycles. The zero-order valence-electron chi connectivity index (χ0n) is 15.8. The Hall–Kier alpha value is -3.01. The van der Waals surface area contributed by atoms with E-state index in [0.29, 0.717) is 0 Å². The first-order valence-electron chi connectivity index (χ1n) is 9.25. The number of ether oxygens (including phenoxy) is 3. The van der Waals surface area contributed by atoms with Crippen LogP contribution in [0.1, 0.15) is 12.1 Å². The number of hydrogen-bond donors (Lipinski definition) is 0. The molecule has 4 aromatic rings. The van der Waals surface area contributed by atoms with E-state index in [9.17, 15) is 0 Å². The highest BCUT2D eigenvalue weighted by molar-refractivity contribution is 6.25. The van der Waals surface area contributed by atoms with E-state index in [1.165, 1.54) is 39.0 Å². The number of aryl methyl sites for hydroxylation is 2. The molecule has 0 spiro atoms. The Labute approximate surface area is 157 Å². The molecule has 1 aromatic heterocycles. The van der Waals surface area contributed by atoms with Crippen LogP contribution >= 0.6 is 0 Å². The van der Waals surface area contributed by atoms with Gasteiger partial charge in [0.15, 0.2) is 23.4 Å². The molecule has 3 aromatic carbocycles. The Morgan fingerprint density at radius 1 is 0.704 bits per heavy atom. The fourth-order valence-corrected chi connectivity index (χ4v) is 4.36. The van der Waals surface area contributed by atoms with Crippen molar-refractivity contribution in [2.45, 2.75) is 19.4 Å². The molecule has 0 N–H and O–H groups in total. The second kappa shape index (κ2) is 6.02. The maximum atomic E-state index is 5.59. The van der Waals surface area contributed by atoms with Crippen molar-refractivity contribution in [3.05, 3.63) is 48.3 Å². The van der Waals surface area contributed by atoms with Crippen molar-refractivity contribution in [3.63, 3.8) is 0 Å². The highest BCUT2D eigenvalue weighted by atomic mass is 16.5. The highest BCUT2D eigenvalue weighted by Crippen LogP contribution is 2.41. The van der Waals surface area contributed by atoms with Crippen molar-refractivity contribution in [3.8, 4) is 17.2 Å². The topological polar surface area (TPSA) is 31.6 Å². The number of nitrogens with zero attached hydrogens (tertiary/aromatic N) is 1. The Balaban J connectivity index is 2.02. The van der Waals surface area contributed by atoms with E-state index in [4.69, 9.17) is 14.2 Å². The van der Waals surface area contributed by atoms with Gasteiger partial charge in [0.25, 0.3) is 0 Å². The van der Waals surface area contributed by atoms with Gasteiger partial charge in [0.05, 0.1) is 26.7 Å². The molecule has 27 heavy (non-hydrogen) atoms. The molecule has 5 rings (SSSR count). The molecule has 0 radical (unpaired) electrons. The molecule has 0 atom stereocenters. The molecule has 4 nitrogen and oxygen atoms in total. The fraction of sp³-hybridized carbons (Fsp3) is 0.261. The molecular formula is C23H22NO3+. The van der Waals surface area contributed by atoms with Crippen LogP contribution in [0.2, 0.25) is 0 Å². The molecule has 0 fully saturated rings. The monoisotopic (exact) mass is 360 g/mol. The van der Waals surface area contributed by atoms with Crippen molar-refractivity contribution in [1.82, 2.24) is 0 Å². The average Bonchev–Trinajstić information content (AvgIpc) is 3.18. The Morgan fingerprint density at radius 3 is 2.07 bits per heavy atom. The smallest absolute Gasteiger partial charge is 0.182 e. The molecule has 0 bridgehead atoms. The van der Waals surface area contributed by atoms with Gasteiger partial charge in [-0.15, -0.1) is 0 Å². The van der Waals surface area contributed by atoms with Gasteiger partial charge >= 0.3 is 0 Å². The second-order valence-electron chi connectivity index (χ2n) is 7.05. The van der Waals surface area contributed by atoms with Crippen LogP contribution in [0, 0.1) is 0 Å². The van der Waals surface area contributed by atoms with Crippen molar-refractivity contribution >= 4 is 32.3 Å². The minimum Gasteiger partial charge on any atom is -0.497 e. The summed E-state index contributed by atoms with van der Waals surface area (Å²) in [5.74, 6) is 2.34. The maximum Gasteiger partial charge on any atom is 0.182 e. The van der Waals surface area contributed by atoms with Gasteiger partial charge in [-0.05, 0) is 40.4 Å². The lowest BCUT2D eigenvalue weighted by atomic mass is 9.94. The van der Waals surface area contributed by atoms with Crippen LogP contribution in [0.4, 0.5) is 0 Å². The van der Waals surface area contributed by atoms with Crippen molar-refractivity contribution < 1.29 is 18.8 Å². The van der Waals surface area contributed by atoms with Gasteiger partial charge < -0.3 is 14.2 Å². The number of hydrogen-bond acceptors (Lipinski definition) is 3. The van der Waals surface area contributed by atoms with Gasteiger partial charge in [-0.3, -0.25) is 0 Å². The van der Waals surface area contributed by atoms with Gasteiger partial charge in [0.1, 0.15) is 12.3 Å². The summed E-state index contributed by atoms with van der Waals surface area (Å²) in [6.45, 7) is 1.08. The third-order valence-electron chi connectivity index (χ3n) is 5.71. The van der Waals surface area contributed by atoms with Gasteiger partial charge in [-0.25, -0.2) is 4.57 Å². The molecule has 2 heterocycles. The summed E-state index contributed by atoms with van der Waals surface area (Å²) in [7, 11) is 5.07. The number of rotatable bonds is 3. The molecule has 1 aliphatic heterocycles. The quantitative estimate of drug-likeness (QED) is 0.401. The average molecular weight is 360 g/mol. The van der Waals surface area contributed by atoms with Crippen LogP contribution in [0.3, 0.4) is 0 Å². The first-order chi connectivity index (χ1) is 13.2. The molecule has 0 aliphatic carbocycles. The number of pyridine rings is 1. The standard InChI is InChI=1S/C23H22NO3/c1-25-15-6-7-16-17-9-14-5-4-8-24(14)13-21(17)20-12-23(27-3)22(26-2)11-19(20)18(16)10-15/h6-7,9-13H,4-5,8H2,1-3H3/q+1. The van der Waals surface area contributed by atoms with Gasteiger partial charge in [-0.1, -0.05) is 6.07 Å². The van der Waals surface area contributed by atoms with Crippen LogP contribution < -0.4 is 18.8 Å². The minimum atomic E-state index is 0.738.